The van der Waals surface area contributed by atoms with Gasteiger partial charge in [0.05, 0.1) is 59.5 Å². The summed E-state index contributed by atoms with van der Waals surface area (Å²) in [4.78, 5) is 20.5. The lowest BCUT2D eigenvalue weighted by Crippen LogP contribution is -2.25. The molecule has 0 atom stereocenters. The molecule has 0 N–H and O–H groups in total. The molecular weight excluding hydrogens is 654 g/mol. The van der Waals surface area contributed by atoms with Gasteiger partial charge in [0.25, 0.3) is 0 Å². The number of benzene rings is 3. The minimum atomic E-state index is -1.40. The molecule has 0 radical (unpaired) electrons. The fraction of sp³-hybridized carbons (Fsp3) is 0.545. The van der Waals surface area contributed by atoms with Gasteiger partial charge in [-0.1, -0.05) is 135 Å². The average Bonchev–Trinajstić information content (AvgIpc) is 3.16. The normalized spacial score (nSPS) is 11.2. The van der Waals surface area contributed by atoms with Crippen molar-refractivity contribution in [1.29, 1.82) is 0 Å². The smallest absolute Gasteiger partial charge is 0.0939 e. The molecule has 0 saturated heterocycles. The van der Waals surface area contributed by atoms with Gasteiger partial charge in [0.15, 0.2) is 0 Å². The van der Waals surface area contributed by atoms with Gasteiger partial charge in [0.1, 0.15) is 0 Å². The molecule has 0 amide bonds. The predicted molar refractivity (Wildman–Crippen MR) is 220 cm³/mol. The van der Waals surface area contributed by atoms with E-state index in [4.69, 9.17) is 0 Å². The van der Waals surface area contributed by atoms with Gasteiger partial charge < -0.3 is 19.8 Å². The topological polar surface area (TPSA) is 80.3 Å². The highest BCUT2D eigenvalue weighted by atomic mass is 31.2. The van der Waals surface area contributed by atoms with Crippen LogP contribution in [0, 0.1) is 0 Å². The Kier molecular flexibility index (Phi) is 24.7. The summed E-state index contributed by atoms with van der Waals surface area (Å²) >= 11 is 0. The molecule has 4 nitrogen and oxygen atoms in total. The van der Waals surface area contributed by atoms with Gasteiger partial charge in [-0.25, -0.2) is 0 Å². The van der Waals surface area contributed by atoms with E-state index in [0.29, 0.717) is 0 Å². The molecule has 0 spiro atoms. The lowest BCUT2D eigenvalue weighted by Gasteiger charge is -2.27. The molecule has 278 valence electrons. The van der Waals surface area contributed by atoms with Crippen molar-refractivity contribution in [2.24, 2.45) is 0 Å². The number of aromatic carboxylic acids is 2. The highest BCUT2D eigenvalue weighted by Crippen LogP contribution is 2.60. The highest BCUT2D eigenvalue weighted by molar-refractivity contribution is 7.83. The summed E-state index contributed by atoms with van der Waals surface area (Å²) in [5.41, 5.74) is -0.339. The maximum atomic E-state index is 10.3. The van der Waals surface area contributed by atoms with E-state index in [1.54, 1.807) is 10.6 Å². The quantitative estimate of drug-likeness (QED) is 0.0968. The van der Waals surface area contributed by atoms with Crippen LogP contribution in [-0.4, -0.2) is 48.9 Å². The zero-order valence-corrected chi connectivity index (χ0v) is 34.1. The standard InChI is InChI=1S/2C18H32P.C8H6O4/c2*1-4-7-15-19(16-8-5-2,17-9-6-3)18-13-11-10-12-14-18;9-7(10)5-2-1-3-6(4-5)8(11)12/h2*10-14H,4-9,15-17H2,1-3H3;1-4H,(H,9,10)(H,11,12)/q2*+1;/p-2. The number of rotatable bonds is 22. The Morgan fingerprint density at radius 2 is 0.680 bits per heavy atom. The van der Waals surface area contributed by atoms with Gasteiger partial charge in [-0.05, 0) is 80.0 Å². The Bertz CT molecular complexity index is 1160. The summed E-state index contributed by atoms with van der Waals surface area (Å²) in [6.45, 7) is 14.0. The van der Waals surface area contributed by atoms with E-state index >= 15 is 0 Å². The van der Waals surface area contributed by atoms with Gasteiger partial charge in [-0.15, -0.1) is 0 Å². The van der Waals surface area contributed by atoms with Gasteiger partial charge in [0, 0.05) is 14.5 Å². The molecule has 0 bridgehead atoms. The molecule has 0 aliphatic rings. The molecule has 0 saturated carbocycles. The van der Waals surface area contributed by atoms with Crippen molar-refractivity contribution in [3.8, 4) is 0 Å². The molecule has 0 aliphatic carbocycles. The first-order chi connectivity index (χ1) is 24.2. The van der Waals surface area contributed by atoms with Crippen LogP contribution in [0.1, 0.15) is 139 Å². The van der Waals surface area contributed by atoms with Crippen LogP contribution in [0.3, 0.4) is 0 Å². The van der Waals surface area contributed by atoms with Crippen LogP contribution in [0.2, 0.25) is 0 Å². The molecule has 0 aliphatic heterocycles. The molecule has 0 aromatic heterocycles. The minimum absolute atomic E-state index is 0.170. The van der Waals surface area contributed by atoms with Crippen molar-refractivity contribution < 1.29 is 19.8 Å². The first kappa shape index (κ1) is 45.5. The fourth-order valence-corrected chi connectivity index (χ4v) is 16.5. The Balaban J connectivity index is 0.000000385. The van der Waals surface area contributed by atoms with E-state index < -0.39 is 26.5 Å². The number of carbonyl (C=O) groups excluding carboxylic acids is 2. The van der Waals surface area contributed by atoms with Crippen LogP contribution < -0.4 is 20.8 Å². The van der Waals surface area contributed by atoms with Crippen molar-refractivity contribution in [3.05, 3.63) is 96.1 Å². The number of carbonyl (C=O) groups is 2. The van der Waals surface area contributed by atoms with Crippen LogP contribution in [0.5, 0.6) is 0 Å². The van der Waals surface area contributed by atoms with Gasteiger partial charge >= 0.3 is 0 Å². The molecule has 50 heavy (non-hydrogen) atoms. The average molecular weight is 723 g/mol. The second-order valence-electron chi connectivity index (χ2n) is 13.6. The highest BCUT2D eigenvalue weighted by Gasteiger charge is 2.38. The molecule has 0 heterocycles. The van der Waals surface area contributed by atoms with Crippen LogP contribution >= 0.6 is 14.5 Å². The van der Waals surface area contributed by atoms with Crippen LogP contribution in [-0.2, 0) is 0 Å². The Labute approximate surface area is 307 Å². The summed E-state index contributed by atoms with van der Waals surface area (Å²) in [7, 11) is -1.80. The Hall–Kier alpha value is -2.54. The number of carboxylic acids is 2. The molecule has 0 fully saturated rings. The molecule has 3 rings (SSSR count). The number of hydrogen-bond acceptors (Lipinski definition) is 4. The van der Waals surface area contributed by atoms with E-state index in [9.17, 15) is 19.8 Å². The first-order valence-corrected chi connectivity index (χ1v) is 24.2. The maximum absolute atomic E-state index is 10.3. The van der Waals surface area contributed by atoms with E-state index in [1.807, 2.05) is 0 Å². The fourth-order valence-electron chi connectivity index (χ4n) is 6.47. The minimum Gasteiger partial charge on any atom is -0.545 e. The van der Waals surface area contributed by atoms with Crippen molar-refractivity contribution in [1.82, 2.24) is 0 Å². The molecule has 6 heteroatoms. The number of carboxylic acid groups (broad SMARTS) is 2. The van der Waals surface area contributed by atoms with E-state index in [-0.39, 0.29) is 11.1 Å². The van der Waals surface area contributed by atoms with Crippen LogP contribution in [0.15, 0.2) is 84.9 Å². The Morgan fingerprint density at radius 3 is 0.900 bits per heavy atom. The predicted octanol–water partition coefficient (Wildman–Crippen LogP) is 9.87. The summed E-state index contributed by atoms with van der Waals surface area (Å²) in [6, 6.07) is 27.8. The summed E-state index contributed by atoms with van der Waals surface area (Å²) < 4.78 is 0. The van der Waals surface area contributed by atoms with Crippen LogP contribution in [0.4, 0.5) is 0 Å². The van der Waals surface area contributed by atoms with Crippen molar-refractivity contribution in [2.45, 2.75) is 119 Å². The monoisotopic (exact) mass is 722 g/mol. The largest absolute Gasteiger partial charge is 0.545 e. The number of unbranched alkanes of at least 4 members (excludes halogenated alkanes) is 6. The molecule has 0 unspecified atom stereocenters. The Morgan fingerprint density at radius 1 is 0.420 bits per heavy atom. The lowest BCUT2D eigenvalue weighted by atomic mass is 10.1. The third kappa shape index (κ3) is 16.7. The molecule has 3 aromatic carbocycles. The van der Waals surface area contributed by atoms with E-state index in [0.717, 1.165) is 6.07 Å². The van der Waals surface area contributed by atoms with Crippen molar-refractivity contribution in [2.75, 3.05) is 37.0 Å². The third-order valence-electron chi connectivity index (χ3n) is 9.58. The lowest BCUT2D eigenvalue weighted by molar-refractivity contribution is -0.255. The molecular formula is C44H68O4P2. The molecule has 3 aromatic rings. The van der Waals surface area contributed by atoms with Crippen molar-refractivity contribution >= 4 is 37.1 Å². The first-order valence-electron chi connectivity index (χ1n) is 19.5. The van der Waals surface area contributed by atoms with Crippen molar-refractivity contribution in [3.63, 3.8) is 0 Å². The van der Waals surface area contributed by atoms with Crippen LogP contribution in [0.25, 0.3) is 0 Å². The van der Waals surface area contributed by atoms with E-state index in [1.165, 1.54) is 132 Å². The SMILES string of the molecule is CCCC[P+](CCCC)(CCCC)c1ccccc1.CCCC[P+](CCCC)(CCCC)c1ccccc1.O=C([O-])c1cccc(C(=O)[O-])c1. The second kappa shape index (κ2) is 27.2. The summed E-state index contributed by atoms with van der Waals surface area (Å²) in [5, 5.41) is 23.9. The zero-order chi connectivity index (χ0) is 37.1. The summed E-state index contributed by atoms with van der Waals surface area (Å²) in [5.74, 6) is -2.81. The van der Waals surface area contributed by atoms with E-state index in [2.05, 4.69) is 102 Å². The maximum Gasteiger partial charge on any atom is 0.0939 e. The zero-order valence-electron chi connectivity index (χ0n) is 32.3. The third-order valence-corrected chi connectivity index (χ3v) is 19.4. The van der Waals surface area contributed by atoms with Gasteiger partial charge in [-0.2, -0.15) is 0 Å². The number of hydrogen-bond donors (Lipinski definition) is 0. The second-order valence-corrected chi connectivity index (χ2v) is 21.9. The summed E-state index contributed by atoms with van der Waals surface area (Å²) in [6.07, 6.45) is 25.4. The van der Waals surface area contributed by atoms with Gasteiger partial charge in [0.2, 0.25) is 0 Å². The van der Waals surface area contributed by atoms with Gasteiger partial charge in [-0.3, -0.25) is 0 Å².